The first kappa shape index (κ1) is 24.3. The number of hydrogen-bond donors (Lipinski definition) is 0. The summed E-state index contributed by atoms with van der Waals surface area (Å²) in [5.74, 6) is 0. The van der Waals surface area contributed by atoms with Gasteiger partial charge in [0.1, 0.15) is 33.7 Å². The van der Waals surface area contributed by atoms with E-state index < -0.39 is 19.9 Å². The Labute approximate surface area is 181 Å². The predicted molar refractivity (Wildman–Crippen MR) is 127 cm³/mol. The molecule has 0 aliphatic heterocycles. The minimum absolute atomic E-state index is 0.0779. The van der Waals surface area contributed by atoms with Crippen LogP contribution >= 0.6 is 7.26 Å². The van der Waals surface area contributed by atoms with Crippen molar-refractivity contribution in [2.75, 3.05) is 6.16 Å². The monoisotopic (exact) mass is 449 g/mol. The molecular formula is C24H29F3OPSi+. The summed E-state index contributed by atoms with van der Waals surface area (Å²) in [6.45, 7) is 4.07. The second-order valence-corrected chi connectivity index (χ2v) is 11.3. The van der Waals surface area contributed by atoms with Gasteiger partial charge in [0.15, 0.2) is 0 Å². The first-order chi connectivity index (χ1) is 14.3. The average Bonchev–Trinajstić information content (AvgIpc) is 2.76. The highest BCUT2D eigenvalue weighted by Crippen LogP contribution is 2.56. The van der Waals surface area contributed by atoms with E-state index in [-0.39, 0.29) is 6.16 Å². The zero-order valence-electron chi connectivity index (χ0n) is 17.6. The Bertz CT molecular complexity index is 759. The summed E-state index contributed by atoms with van der Waals surface area (Å²) in [4.78, 5) is 0. The smallest absolute Gasteiger partial charge is 0.392 e. The van der Waals surface area contributed by atoms with Crippen molar-refractivity contribution in [1.82, 2.24) is 0 Å². The molecule has 0 saturated carbocycles. The first-order valence-corrected chi connectivity index (χ1v) is 12.7. The molecule has 0 aliphatic carbocycles. The van der Waals surface area contributed by atoms with Crippen molar-refractivity contribution in [2.45, 2.75) is 32.5 Å². The summed E-state index contributed by atoms with van der Waals surface area (Å²) in [6.07, 6.45) is -4.45. The summed E-state index contributed by atoms with van der Waals surface area (Å²) in [7, 11) is -1.50. The predicted octanol–water partition coefficient (Wildman–Crippen LogP) is 4.62. The molecule has 3 aromatic rings. The SMILES string of the molecule is CC(C)O[SiH3].FC(F)(F)CC[P+](c1ccccc1)(c1ccccc1)c1ccccc1. The highest BCUT2D eigenvalue weighted by Gasteiger charge is 2.47. The third-order valence-corrected chi connectivity index (χ3v) is 10.2. The van der Waals surface area contributed by atoms with Crippen LogP contribution in [0.3, 0.4) is 0 Å². The standard InChI is InChI=1S/C21H19F3P.C3H10OSi/c22-21(23,24)16-17-25(18-10-4-1-5-11-18,19-12-6-2-7-13-19)20-14-8-3-9-15-20;1-3(2)4-5/h1-15H,16-17H2;3H,1-2,5H3/q+1;. The molecule has 0 N–H and O–H groups in total. The molecule has 0 bridgehead atoms. The second-order valence-electron chi connectivity index (χ2n) is 7.19. The average molecular weight is 450 g/mol. The molecule has 1 nitrogen and oxygen atoms in total. The van der Waals surface area contributed by atoms with Gasteiger partial charge in [0.2, 0.25) is 0 Å². The van der Waals surface area contributed by atoms with Gasteiger partial charge in [-0.2, -0.15) is 13.2 Å². The van der Waals surface area contributed by atoms with E-state index in [0.717, 1.165) is 26.4 Å². The maximum absolute atomic E-state index is 13.2. The summed E-state index contributed by atoms with van der Waals surface area (Å²) in [6, 6.07) is 28.9. The van der Waals surface area contributed by atoms with Crippen molar-refractivity contribution in [3.05, 3.63) is 91.0 Å². The van der Waals surface area contributed by atoms with Gasteiger partial charge in [-0.05, 0) is 50.2 Å². The molecule has 0 unspecified atom stereocenters. The molecule has 0 aromatic heterocycles. The van der Waals surface area contributed by atoms with Gasteiger partial charge in [0.25, 0.3) is 0 Å². The van der Waals surface area contributed by atoms with E-state index in [0.29, 0.717) is 6.10 Å². The van der Waals surface area contributed by atoms with Gasteiger partial charge < -0.3 is 4.43 Å². The molecule has 0 radical (unpaired) electrons. The lowest BCUT2D eigenvalue weighted by Crippen LogP contribution is -2.34. The molecule has 3 rings (SSSR count). The van der Waals surface area contributed by atoms with Crippen LogP contribution in [0.5, 0.6) is 0 Å². The largest absolute Gasteiger partial charge is 0.426 e. The molecule has 0 amide bonds. The quantitative estimate of drug-likeness (QED) is 0.394. The maximum Gasteiger partial charge on any atom is 0.392 e. The Morgan fingerprint density at radius 2 is 1.03 bits per heavy atom. The van der Waals surface area contributed by atoms with Gasteiger partial charge in [0, 0.05) is 6.10 Å². The van der Waals surface area contributed by atoms with Gasteiger partial charge in [-0.1, -0.05) is 54.6 Å². The van der Waals surface area contributed by atoms with Crippen molar-refractivity contribution >= 4 is 33.7 Å². The Morgan fingerprint density at radius 1 is 0.733 bits per heavy atom. The number of hydrogen-bond acceptors (Lipinski definition) is 1. The van der Waals surface area contributed by atoms with Gasteiger partial charge in [-0.25, -0.2) is 0 Å². The van der Waals surface area contributed by atoms with Gasteiger partial charge in [-0.3, -0.25) is 0 Å². The van der Waals surface area contributed by atoms with Crippen molar-refractivity contribution in [3.63, 3.8) is 0 Å². The van der Waals surface area contributed by atoms with E-state index in [1.54, 1.807) is 0 Å². The molecule has 0 atom stereocenters. The topological polar surface area (TPSA) is 9.23 Å². The van der Waals surface area contributed by atoms with Crippen LogP contribution in [0.1, 0.15) is 20.3 Å². The van der Waals surface area contributed by atoms with E-state index in [9.17, 15) is 13.2 Å². The molecule has 3 aromatic carbocycles. The number of rotatable bonds is 6. The summed E-state index contributed by atoms with van der Waals surface area (Å²) >= 11 is 0. The van der Waals surface area contributed by atoms with Crippen LogP contribution in [0.2, 0.25) is 0 Å². The van der Waals surface area contributed by atoms with Crippen molar-refractivity contribution in [2.24, 2.45) is 0 Å². The first-order valence-electron chi connectivity index (χ1n) is 9.94. The van der Waals surface area contributed by atoms with Gasteiger partial charge in [0.05, 0.1) is 12.6 Å². The number of benzene rings is 3. The van der Waals surface area contributed by atoms with Crippen LogP contribution < -0.4 is 15.9 Å². The summed E-state index contributed by atoms with van der Waals surface area (Å²) < 4.78 is 44.3. The fourth-order valence-electron chi connectivity index (χ4n) is 3.18. The molecule has 30 heavy (non-hydrogen) atoms. The minimum atomic E-state index is -4.18. The van der Waals surface area contributed by atoms with E-state index in [1.165, 1.54) is 0 Å². The van der Waals surface area contributed by atoms with E-state index in [1.807, 2.05) is 105 Å². The van der Waals surface area contributed by atoms with Crippen LogP contribution in [-0.2, 0) is 4.43 Å². The van der Waals surface area contributed by atoms with E-state index in [4.69, 9.17) is 4.43 Å². The lowest BCUT2D eigenvalue weighted by Gasteiger charge is -2.28. The Hall–Kier alpha value is -1.94. The van der Waals surface area contributed by atoms with Gasteiger partial charge >= 0.3 is 6.18 Å². The molecule has 0 heterocycles. The van der Waals surface area contributed by atoms with Crippen LogP contribution in [-0.4, -0.2) is 28.9 Å². The summed E-state index contributed by atoms with van der Waals surface area (Å²) in [5, 5.41) is 2.95. The third-order valence-electron chi connectivity index (χ3n) is 4.79. The van der Waals surface area contributed by atoms with E-state index >= 15 is 0 Å². The van der Waals surface area contributed by atoms with Crippen LogP contribution in [0.15, 0.2) is 91.0 Å². The van der Waals surface area contributed by atoms with E-state index in [2.05, 4.69) is 0 Å². The molecule has 160 valence electrons. The maximum atomic E-state index is 13.2. The number of halogens is 3. The normalized spacial score (nSPS) is 11.8. The minimum Gasteiger partial charge on any atom is -0.426 e. The fourth-order valence-corrected chi connectivity index (χ4v) is 7.48. The Kier molecular flexibility index (Phi) is 9.28. The Balaban J connectivity index is 0.000000575. The number of alkyl halides is 3. The van der Waals surface area contributed by atoms with Crippen molar-refractivity contribution in [3.8, 4) is 0 Å². The van der Waals surface area contributed by atoms with Crippen molar-refractivity contribution in [1.29, 1.82) is 0 Å². The highest BCUT2D eigenvalue weighted by atomic mass is 31.2. The molecule has 6 heteroatoms. The molecule has 0 spiro atoms. The molecule has 0 aliphatic rings. The fraction of sp³-hybridized carbons (Fsp3) is 0.250. The molecule has 0 saturated heterocycles. The zero-order valence-corrected chi connectivity index (χ0v) is 20.5. The molecular weight excluding hydrogens is 420 g/mol. The lowest BCUT2D eigenvalue weighted by molar-refractivity contribution is -0.129. The zero-order chi connectivity index (χ0) is 22.0. The van der Waals surface area contributed by atoms with Crippen LogP contribution in [0.4, 0.5) is 13.2 Å². The van der Waals surface area contributed by atoms with Gasteiger partial charge in [-0.15, -0.1) is 0 Å². The van der Waals surface area contributed by atoms with Crippen LogP contribution in [0.25, 0.3) is 0 Å². The lowest BCUT2D eigenvalue weighted by atomic mass is 10.3. The molecule has 0 fully saturated rings. The van der Waals surface area contributed by atoms with Crippen molar-refractivity contribution < 1.29 is 17.6 Å². The van der Waals surface area contributed by atoms with Crippen LogP contribution in [0, 0.1) is 0 Å². The summed E-state index contributed by atoms with van der Waals surface area (Å²) in [5.41, 5.74) is 0. The highest BCUT2D eigenvalue weighted by molar-refractivity contribution is 7.95. The Morgan fingerprint density at radius 3 is 1.27 bits per heavy atom. The second kappa shape index (κ2) is 11.4. The third kappa shape index (κ3) is 6.80.